The number of sulfonamides is 1. The van der Waals surface area contributed by atoms with Crippen LogP contribution in [0.4, 0.5) is 5.69 Å². The van der Waals surface area contributed by atoms with Gasteiger partial charge < -0.3 is 10.0 Å². The molecule has 134 valence electrons. The second-order valence-corrected chi connectivity index (χ2v) is 8.55. The Labute approximate surface area is 153 Å². The van der Waals surface area contributed by atoms with Crippen molar-refractivity contribution in [3.63, 3.8) is 0 Å². The molecule has 0 saturated carbocycles. The van der Waals surface area contributed by atoms with Gasteiger partial charge in [-0.1, -0.05) is 35.9 Å². The average molecular weight is 381 g/mol. The first-order valence-corrected chi connectivity index (χ1v) is 10.1. The minimum absolute atomic E-state index is 0.0510. The molecule has 1 aliphatic heterocycles. The van der Waals surface area contributed by atoms with Crippen LogP contribution < -0.4 is 9.62 Å². The highest BCUT2D eigenvalue weighted by atomic mass is 35.5. The van der Waals surface area contributed by atoms with Crippen LogP contribution in [0.25, 0.3) is 0 Å². The van der Waals surface area contributed by atoms with Crippen molar-refractivity contribution in [2.24, 2.45) is 0 Å². The summed E-state index contributed by atoms with van der Waals surface area (Å²) in [5.74, 6) is -0.147. The van der Waals surface area contributed by atoms with Crippen LogP contribution in [0.1, 0.15) is 22.8 Å². The number of benzene rings is 2. The third-order valence-corrected chi connectivity index (χ3v) is 5.95. The van der Waals surface area contributed by atoms with Crippen molar-refractivity contribution in [2.45, 2.75) is 18.3 Å². The SMILES string of the molecule is CN1CCc2cc(C(O)CNS(=O)(=O)Cc3ccc(Cl)cc3)ccc21. The first kappa shape index (κ1) is 18.2. The summed E-state index contributed by atoms with van der Waals surface area (Å²) in [6.45, 7) is 0.910. The Morgan fingerprint density at radius 1 is 1.24 bits per heavy atom. The summed E-state index contributed by atoms with van der Waals surface area (Å²) in [5.41, 5.74) is 3.72. The van der Waals surface area contributed by atoms with Gasteiger partial charge in [0.05, 0.1) is 11.9 Å². The monoisotopic (exact) mass is 380 g/mol. The lowest BCUT2D eigenvalue weighted by atomic mass is 10.0. The smallest absolute Gasteiger partial charge is 0.215 e. The zero-order chi connectivity index (χ0) is 18.0. The maximum Gasteiger partial charge on any atom is 0.215 e. The fourth-order valence-electron chi connectivity index (χ4n) is 2.97. The molecular formula is C18H21ClN2O3S. The highest BCUT2D eigenvalue weighted by Gasteiger charge is 2.19. The molecular weight excluding hydrogens is 360 g/mol. The molecule has 0 amide bonds. The molecule has 1 atom stereocenters. The number of hydrogen-bond donors (Lipinski definition) is 2. The Hall–Kier alpha value is -1.60. The Balaban J connectivity index is 1.61. The van der Waals surface area contributed by atoms with Crippen LogP contribution in [0.15, 0.2) is 42.5 Å². The zero-order valence-electron chi connectivity index (χ0n) is 13.9. The van der Waals surface area contributed by atoms with E-state index >= 15 is 0 Å². The highest BCUT2D eigenvalue weighted by molar-refractivity contribution is 7.88. The van der Waals surface area contributed by atoms with E-state index in [0.29, 0.717) is 10.6 Å². The standard InChI is InChI=1S/C18H21ClN2O3S/c1-21-9-8-14-10-15(4-7-17(14)21)18(22)11-20-25(23,24)12-13-2-5-16(19)6-3-13/h2-7,10,18,20,22H,8-9,11-12H2,1H3. The van der Waals surface area contributed by atoms with Gasteiger partial charge in [0.2, 0.25) is 10.0 Å². The van der Waals surface area contributed by atoms with Crippen LogP contribution in [0.5, 0.6) is 0 Å². The van der Waals surface area contributed by atoms with Crippen molar-refractivity contribution in [3.05, 3.63) is 64.2 Å². The molecule has 7 heteroatoms. The molecule has 0 saturated heterocycles. The Morgan fingerprint density at radius 3 is 2.68 bits per heavy atom. The molecule has 2 aromatic carbocycles. The third-order valence-electron chi connectivity index (χ3n) is 4.38. The van der Waals surface area contributed by atoms with E-state index in [1.165, 1.54) is 11.3 Å². The number of likely N-dealkylation sites (N-methyl/N-ethyl adjacent to an activating group) is 1. The van der Waals surface area contributed by atoms with Crippen LogP contribution in [0, 0.1) is 0 Å². The predicted octanol–water partition coefficient (Wildman–Crippen LogP) is 2.49. The van der Waals surface area contributed by atoms with Crippen molar-refractivity contribution in [3.8, 4) is 0 Å². The molecule has 5 nitrogen and oxygen atoms in total. The molecule has 0 aliphatic carbocycles. The van der Waals surface area contributed by atoms with Gasteiger partial charge in [0.25, 0.3) is 0 Å². The molecule has 1 heterocycles. The van der Waals surface area contributed by atoms with Crippen LogP contribution in [-0.4, -0.2) is 33.7 Å². The number of nitrogens with one attached hydrogen (secondary N) is 1. The molecule has 0 aromatic heterocycles. The molecule has 1 unspecified atom stereocenters. The van der Waals surface area contributed by atoms with Gasteiger partial charge in [-0.2, -0.15) is 0 Å². The minimum Gasteiger partial charge on any atom is -0.387 e. The lowest BCUT2D eigenvalue weighted by Gasteiger charge is -2.15. The number of halogens is 1. The summed E-state index contributed by atoms with van der Waals surface area (Å²) >= 11 is 5.80. The number of aliphatic hydroxyl groups excluding tert-OH is 1. The van der Waals surface area contributed by atoms with Gasteiger partial charge in [0.15, 0.2) is 0 Å². The number of anilines is 1. The largest absolute Gasteiger partial charge is 0.387 e. The van der Waals surface area contributed by atoms with Gasteiger partial charge >= 0.3 is 0 Å². The van der Waals surface area contributed by atoms with Gasteiger partial charge in [-0.05, 0) is 41.3 Å². The van der Waals surface area contributed by atoms with Crippen molar-refractivity contribution in [2.75, 3.05) is 25.0 Å². The highest BCUT2D eigenvalue weighted by Crippen LogP contribution is 2.29. The van der Waals surface area contributed by atoms with E-state index in [2.05, 4.69) is 9.62 Å². The second kappa shape index (κ2) is 7.33. The van der Waals surface area contributed by atoms with E-state index in [1.54, 1.807) is 24.3 Å². The maximum absolute atomic E-state index is 12.2. The van der Waals surface area contributed by atoms with Crippen LogP contribution in [0.3, 0.4) is 0 Å². The van der Waals surface area contributed by atoms with E-state index in [-0.39, 0.29) is 12.3 Å². The summed E-state index contributed by atoms with van der Waals surface area (Å²) < 4.78 is 26.9. The minimum atomic E-state index is -3.53. The van der Waals surface area contributed by atoms with Crippen molar-refractivity contribution < 1.29 is 13.5 Å². The quantitative estimate of drug-likeness (QED) is 0.807. The lowest BCUT2D eigenvalue weighted by Crippen LogP contribution is -2.29. The van der Waals surface area contributed by atoms with Gasteiger partial charge in [-0.25, -0.2) is 13.1 Å². The van der Waals surface area contributed by atoms with Crippen molar-refractivity contribution >= 4 is 27.3 Å². The first-order valence-electron chi connectivity index (χ1n) is 8.08. The predicted molar refractivity (Wildman–Crippen MR) is 100 cm³/mol. The number of hydrogen-bond acceptors (Lipinski definition) is 4. The summed E-state index contributed by atoms with van der Waals surface area (Å²) in [6, 6.07) is 12.4. The fourth-order valence-corrected chi connectivity index (χ4v) is 4.24. The molecule has 2 aromatic rings. The molecule has 2 N–H and O–H groups in total. The third kappa shape index (κ3) is 4.52. The molecule has 3 rings (SSSR count). The van der Waals surface area contributed by atoms with Crippen LogP contribution in [-0.2, 0) is 22.2 Å². The molecule has 0 fully saturated rings. The average Bonchev–Trinajstić information content (AvgIpc) is 2.95. The van der Waals surface area contributed by atoms with Crippen molar-refractivity contribution in [1.29, 1.82) is 0 Å². The van der Waals surface area contributed by atoms with E-state index in [0.717, 1.165) is 18.5 Å². The van der Waals surface area contributed by atoms with Crippen molar-refractivity contribution in [1.82, 2.24) is 4.72 Å². The molecule has 0 spiro atoms. The number of nitrogens with zero attached hydrogens (tertiary/aromatic N) is 1. The topological polar surface area (TPSA) is 69.6 Å². The summed E-state index contributed by atoms with van der Waals surface area (Å²) in [4.78, 5) is 2.17. The zero-order valence-corrected chi connectivity index (χ0v) is 15.5. The molecule has 25 heavy (non-hydrogen) atoms. The second-order valence-electron chi connectivity index (χ2n) is 6.31. The lowest BCUT2D eigenvalue weighted by molar-refractivity contribution is 0.182. The van der Waals surface area contributed by atoms with E-state index in [1.807, 2.05) is 25.2 Å². The Kier molecular flexibility index (Phi) is 5.34. The van der Waals surface area contributed by atoms with E-state index in [4.69, 9.17) is 11.6 Å². The number of aliphatic hydroxyl groups is 1. The maximum atomic E-state index is 12.2. The Morgan fingerprint density at radius 2 is 1.96 bits per heavy atom. The fraction of sp³-hybridized carbons (Fsp3) is 0.333. The normalized spacial score (nSPS) is 15.2. The number of rotatable bonds is 6. The van der Waals surface area contributed by atoms with Gasteiger partial charge in [-0.3, -0.25) is 0 Å². The van der Waals surface area contributed by atoms with E-state index < -0.39 is 16.1 Å². The van der Waals surface area contributed by atoms with E-state index in [9.17, 15) is 13.5 Å². The number of fused-ring (bicyclic) bond motifs is 1. The van der Waals surface area contributed by atoms with Crippen LogP contribution in [0.2, 0.25) is 5.02 Å². The summed E-state index contributed by atoms with van der Waals surface area (Å²) in [6.07, 6.45) is 0.0607. The molecule has 1 aliphatic rings. The summed E-state index contributed by atoms with van der Waals surface area (Å²) in [5, 5.41) is 10.9. The summed E-state index contributed by atoms with van der Waals surface area (Å²) in [7, 11) is -1.50. The van der Waals surface area contributed by atoms with Gasteiger partial charge in [0, 0.05) is 30.8 Å². The van der Waals surface area contributed by atoms with Crippen LogP contribution >= 0.6 is 11.6 Å². The Bertz CT molecular complexity index is 853. The first-order chi connectivity index (χ1) is 11.8. The molecule has 0 bridgehead atoms. The molecule has 0 radical (unpaired) electrons. The van der Waals surface area contributed by atoms with Gasteiger partial charge in [0.1, 0.15) is 0 Å². The van der Waals surface area contributed by atoms with Gasteiger partial charge in [-0.15, -0.1) is 0 Å².